The number of esters is 1. The summed E-state index contributed by atoms with van der Waals surface area (Å²) in [6.07, 6.45) is -4.91. The Labute approximate surface area is 358 Å². The molecule has 2 N–H and O–H groups in total. The number of urea groups is 1. The van der Waals surface area contributed by atoms with Gasteiger partial charge in [0.05, 0.1) is 39.7 Å². The molecule has 0 aliphatic rings. The minimum atomic E-state index is -4.84. The Hall–Kier alpha value is -7.30. The zero-order valence-electron chi connectivity index (χ0n) is 34.8. The first-order valence-electron chi connectivity index (χ1n) is 18.5. The molecule has 0 aliphatic carbocycles. The molecular weight excluding hydrogens is 862 g/mol. The summed E-state index contributed by atoms with van der Waals surface area (Å²) in [5.41, 5.74) is -1.80. The van der Waals surface area contributed by atoms with E-state index in [4.69, 9.17) is 32.6 Å². The predicted molar refractivity (Wildman–Crippen MR) is 219 cm³/mol. The number of aromatic nitrogens is 4. The number of nitrogens with one attached hydrogen (secondary N) is 2. The molecule has 5 aromatic rings. The summed E-state index contributed by atoms with van der Waals surface area (Å²) in [5, 5.41) is 2.15. The van der Waals surface area contributed by atoms with Crippen molar-refractivity contribution in [3.8, 4) is 40.4 Å². The zero-order valence-corrected chi connectivity index (χ0v) is 35.7. The van der Waals surface area contributed by atoms with Crippen LogP contribution < -0.4 is 49.2 Å². The molecule has 338 valence electrons. The van der Waals surface area contributed by atoms with Crippen molar-refractivity contribution in [3.63, 3.8) is 0 Å². The second kappa shape index (κ2) is 21.5. The van der Waals surface area contributed by atoms with E-state index in [9.17, 15) is 40.8 Å². The molecule has 63 heavy (non-hydrogen) atoms. The molecule has 0 spiro atoms. The number of benzene rings is 3. The second-order valence-corrected chi connectivity index (χ2v) is 13.9. The van der Waals surface area contributed by atoms with Crippen LogP contribution in [0.1, 0.15) is 37.6 Å². The minimum absolute atomic E-state index is 0.0704. The lowest BCUT2D eigenvalue weighted by atomic mass is 10.1. The number of ether oxygens (including phenoxy) is 6. The number of halogens is 3. The van der Waals surface area contributed by atoms with Crippen molar-refractivity contribution < 1.29 is 63.8 Å². The average Bonchev–Trinajstić information content (AvgIpc) is 3.24. The van der Waals surface area contributed by atoms with Gasteiger partial charge in [0.2, 0.25) is 17.7 Å². The topological polar surface area (TPSA) is 227 Å². The second-order valence-electron chi connectivity index (χ2n) is 12.7. The molecule has 5 rings (SSSR count). The molecule has 1 atom stereocenters. The highest BCUT2D eigenvalue weighted by Crippen LogP contribution is 2.29. The van der Waals surface area contributed by atoms with Gasteiger partial charge in [0.1, 0.15) is 23.8 Å². The summed E-state index contributed by atoms with van der Waals surface area (Å²) in [6, 6.07) is 18.0. The van der Waals surface area contributed by atoms with Gasteiger partial charge in [-0.15, -0.1) is 0 Å². The molecule has 0 saturated carbocycles. The van der Waals surface area contributed by atoms with Gasteiger partial charge in [-0.1, -0.05) is 31.2 Å². The molecule has 2 aromatic heterocycles. The van der Waals surface area contributed by atoms with E-state index >= 15 is 0 Å². The Morgan fingerprint density at radius 3 is 2.05 bits per heavy atom. The van der Waals surface area contributed by atoms with Crippen molar-refractivity contribution in [3.05, 3.63) is 117 Å². The fourth-order valence-corrected chi connectivity index (χ4v) is 5.98. The van der Waals surface area contributed by atoms with Crippen LogP contribution >= 0.6 is 0 Å². The van der Waals surface area contributed by atoms with Crippen molar-refractivity contribution in [2.45, 2.75) is 46.1 Å². The van der Waals surface area contributed by atoms with Crippen molar-refractivity contribution in [2.75, 3.05) is 33.3 Å². The molecule has 1 unspecified atom stereocenters. The van der Waals surface area contributed by atoms with Crippen molar-refractivity contribution >= 4 is 28.3 Å². The van der Waals surface area contributed by atoms with E-state index in [1.807, 2.05) is 25.1 Å². The molecule has 3 aromatic carbocycles. The number of carbonyl (C=O) groups excluding carboxylic acids is 2. The molecule has 0 saturated heterocycles. The van der Waals surface area contributed by atoms with Gasteiger partial charge in [-0.3, -0.25) is 14.7 Å². The van der Waals surface area contributed by atoms with Crippen LogP contribution in [0.3, 0.4) is 0 Å². The van der Waals surface area contributed by atoms with Crippen molar-refractivity contribution in [1.82, 2.24) is 23.8 Å². The number of hydrogen-bond acceptors (Lipinski definition) is 15. The minimum Gasteiger partial charge on any atom is -0.490 e. The van der Waals surface area contributed by atoms with Crippen LogP contribution in [0.4, 0.5) is 23.9 Å². The van der Waals surface area contributed by atoms with Crippen LogP contribution in [0.2, 0.25) is 0 Å². The molecule has 0 aliphatic heterocycles. The third-order valence-corrected chi connectivity index (χ3v) is 9.20. The largest absolute Gasteiger partial charge is 0.490 e. The number of anilines is 1. The number of para-hydroxylation sites is 2. The Morgan fingerprint density at radius 1 is 0.841 bits per heavy atom. The molecule has 2 amide bonds. The van der Waals surface area contributed by atoms with E-state index in [-0.39, 0.29) is 41.5 Å². The van der Waals surface area contributed by atoms with Crippen LogP contribution in [-0.4, -0.2) is 73.6 Å². The summed E-state index contributed by atoms with van der Waals surface area (Å²) >= 11 is 0. The molecular formula is C40H43F3N6O13S. The fraction of sp³-hybridized carbons (Fsp3) is 0.300. The summed E-state index contributed by atoms with van der Waals surface area (Å²) in [6.45, 7) is 5.68. The van der Waals surface area contributed by atoms with Gasteiger partial charge in [0.15, 0.2) is 17.6 Å². The molecule has 0 fully saturated rings. The van der Waals surface area contributed by atoms with E-state index < -0.39 is 51.5 Å². The standard InChI is InChI=1S/C25H25F3N2O6.C15H18N4O7S/c1-5-16-6-7-17(20(12-16)36-15(2)23(32)34-4)14-35-19-10-8-18(9-11-19)30-22(31)13-21(25(26,27)28)29(3)24(30)33;1-4-25-10-7-5-6-8-11(10)26-27(21,22)19-15(20)18-14-16-12(23-2)9-13(17-14)24-3/h6-13,15H,5,14H2,1-4H3;5-9H,4H2,1-3H3,(H2,16,17,18,19,20). The summed E-state index contributed by atoms with van der Waals surface area (Å²) in [7, 11) is 0.454. The average molecular weight is 905 g/mol. The highest BCUT2D eigenvalue weighted by Gasteiger charge is 2.35. The number of carbonyl (C=O) groups is 2. The smallest absolute Gasteiger partial charge is 0.431 e. The molecule has 23 heteroatoms. The van der Waals surface area contributed by atoms with Crippen molar-refractivity contribution in [1.29, 1.82) is 0 Å². The first kappa shape index (κ1) is 48.4. The first-order chi connectivity index (χ1) is 29.8. The van der Waals surface area contributed by atoms with Gasteiger partial charge in [0, 0.05) is 18.7 Å². The number of methoxy groups -OCH3 is 3. The Kier molecular flexibility index (Phi) is 16.5. The van der Waals surface area contributed by atoms with Gasteiger partial charge in [-0.25, -0.2) is 23.7 Å². The van der Waals surface area contributed by atoms with Crippen LogP contribution in [0.15, 0.2) is 88.5 Å². The van der Waals surface area contributed by atoms with Crippen LogP contribution in [0.5, 0.6) is 34.8 Å². The third-order valence-electron chi connectivity index (χ3n) is 8.37. The Balaban J connectivity index is 0.000000288. The first-order valence-corrected chi connectivity index (χ1v) is 20.0. The van der Waals surface area contributed by atoms with Crippen LogP contribution in [-0.2, 0) is 46.1 Å². The Morgan fingerprint density at radius 2 is 1.48 bits per heavy atom. The maximum atomic E-state index is 13.1. The van der Waals surface area contributed by atoms with Crippen molar-refractivity contribution in [2.24, 2.45) is 7.05 Å². The SMILES string of the molecule is CCOc1ccccc1OS(=O)(=O)NC(=O)Nc1nc(OC)cc(OC)n1.CCc1ccc(COc2ccc(-n3c(=O)cc(C(F)(F)F)n(C)c3=O)cc2)c(OC(C)C(=O)OC)c1. The number of rotatable bonds is 16. The van der Waals surface area contributed by atoms with E-state index in [1.54, 1.807) is 30.7 Å². The number of aryl methyl sites for hydroxylation is 1. The van der Waals surface area contributed by atoms with Crippen LogP contribution in [0.25, 0.3) is 5.69 Å². The molecule has 2 heterocycles. The molecule has 0 radical (unpaired) electrons. The lowest BCUT2D eigenvalue weighted by Crippen LogP contribution is -2.40. The predicted octanol–water partition coefficient (Wildman–Crippen LogP) is 4.97. The van der Waals surface area contributed by atoms with E-state index in [0.29, 0.717) is 38.9 Å². The van der Waals surface area contributed by atoms with Gasteiger partial charge >= 0.3 is 34.2 Å². The summed E-state index contributed by atoms with van der Waals surface area (Å²) < 4.78 is 102. The maximum Gasteiger partial charge on any atom is 0.431 e. The summed E-state index contributed by atoms with van der Waals surface area (Å²) in [4.78, 5) is 56.1. The highest BCUT2D eigenvalue weighted by atomic mass is 32.2. The number of hydrogen-bond donors (Lipinski definition) is 2. The number of amides is 2. The lowest BCUT2D eigenvalue weighted by molar-refractivity contribution is -0.148. The van der Waals surface area contributed by atoms with Crippen LogP contribution in [0, 0.1) is 0 Å². The van der Waals surface area contributed by atoms with E-state index in [2.05, 4.69) is 15.3 Å². The summed E-state index contributed by atoms with van der Waals surface area (Å²) in [5.74, 6) is 0.456. The van der Waals surface area contributed by atoms with Gasteiger partial charge in [0.25, 0.3) is 5.56 Å². The normalized spacial score (nSPS) is 11.5. The highest BCUT2D eigenvalue weighted by molar-refractivity contribution is 7.85. The number of alkyl halides is 3. The Bertz CT molecular complexity index is 2600. The number of nitrogens with zero attached hydrogens (tertiary/aromatic N) is 4. The fourth-order valence-electron chi connectivity index (χ4n) is 5.28. The quantitative estimate of drug-likeness (QED) is 0.125. The zero-order chi connectivity index (χ0) is 46.5. The third kappa shape index (κ3) is 13.3. The van der Waals surface area contributed by atoms with Gasteiger partial charge < -0.3 is 32.6 Å². The van der Waals surface area contributed by atoms with Gasteiger partial charge in [-0.05, 0) is 68.3 Å². The maximum absolute atomic E-state index is 13.1. The molecule has 0 bridgehead atoms. The van der Waals surface area contributed by atoms with Gasteiger partial charge in [-0.2, -0.15) is 31.6 Å². The van der Waals surface area contributed by atoms with E-state index in [0.717, 1.165) is 19.0 Å². The lowest BCUT2D eigenvalue weighted by Gasteiger charge is -2.17. The monoisotopic (exact) mass is 904 g/mol. The molecule has 19 nitrogen and oxygen atoms in total. The van der Waals surface area contributed by atoms with E-state index in [1.165, 1.54) is 63.8 Å².